The van der Waals surface area contributed by atoms with Crippen LogP contribution in [-0.2, 0) is 16.7 Å². The summed E-state index contributed by atoms with van der Waals surface area (Å²) in [5.41, 5.74) is 0.716. The molecule has 0 radical (unpaired) electrons. The molecule has 0 saturated heterocycles. The van der Waals surface area contributed by atoms with E-state index in [-0.39, 0.29) is 12.4 Å². The number of H-pyrrole nitrogens is 1. The average Bonchev–Trinajstić information content (AvgIpc) is 2.53. The molecule has 0 spiro atoms. The minimum atomic E-state index is -6.00. The Hall–Kier alpha value is -0.805. The molecule has 0 aliphatic carbocycles. The van der Waals surface area contributed by atoms with Crippen molar-refractivity contribution in [2.75, 3.05) is 0 Å². The summed E-state index contributed by atoms with van der Waals surface area (Å²) in [5.74, 6) is 0.520. The molecule has 0 aliphatic heterocycles. The lowest BCUT2D eigenvalue weighted by molar-refractivity contribution is -0.527. The minimum Gasteiger partial charge on any atom is -0.418 e. The van der Waals surface area contributed by atoms with Crippen LogP contribution in [0.4, 0.5) is 17.3 Å². The van der Waals surface area contributed by atoms with Crippen molar-refractivity contribution >= 4 is 30.0 Å². The van der Waals surface area contributed by atoms with Gasteiger partial charge < -0.3 is 17.3 Å². The zero-order valence-electron chi connectivity index (χ0n) is 10.8. The predicted octanol–water partition coefficient (Wildman–Crippen LogP) is 2.33. The van der Waals surface area contributed by atoms with Crippen molar-refractivity contribution in [2.45, 2.75) is 33.1 Å². The first-order chi connectivity index (χ1) is 8.45. The Morgan fingerprint density at radius 2 is 1.80 bits per heavy atom. The van der Waals surface area contributed by atoms with Gasteiger partial charge >= 0.3 is 17.6 Å². The number of nitrogens with zero attached hydrogens (tertiary/aromatic N) is 1. The summed E-state index contributed by atoms with van der Waals surface area (Å²) in [4.78, 5) is 2.91. The molecule has 0 aliphatic rings. The van der Waals surface area contributed by atoms with Crippen molar-refractivity contribution < 1.29 is 34.2 Å². The van der Waals surface area contributed by atoms with Crippen molar-refractivity contribution in [1.82, 2.24) is 4.98 Å². The fraction of sp³-hybridized carbons (Fsp3) is 0.625. The van der Waals surface area contributed by atoms with E-state index in [0.717, 1.165) is 16.8 Å². The molecular weight excluding hydrogens is 326 g/mol. The number of imidazole rings is 1. The Morgan fingerprint density at radius 1 is 1.35 bits per heavy atom. The standard InChI is InChI=1S/C8H14N2O3S.BF4.ClH/c1-3-4-5-8-9-7(2)6-10(8)14(11,12)13;2-1(3,4)5;/h6H,3-5H2,1-2H3,(H,11,12,13);;1H/q;-1;/p+1. The number of aryl methyl sites for hydroxylation is 2. The van der Waals surface area contributed by atoms with Gasteiger partial charge in [0.05, 0.1) is 6.42 Å². The predicted molar refractivity (Wildman–Crippen MR) is 68.7 cm³/mol. The Morgan fingerprint density at radius 3 is 2.15 bits per heavy atom. The Balaban J connectivity index is 0. The molecule has 1 aromatic rings. The van der Waals surface area contributed by atoms with E-state index < -0.39 is 17.6 Å². The molecule has 0 saturated carbocycles. The number of unbranched alkanes of at least 4 members (excludes halogenated alkanes) is 1. The molecule has 120 valence electrons. The fourth-order valence-corrected chi connectivity index (χ4v) is 2.00. The van der Waals surface area contributed by atoms with Crippen molar-refractivity contribution in [3.63, 3.8) is 0 Å². The van der Waals surface area contributed by atoms with Crippen LogP contribution in [0.1, 0.15) is 31.3 Å². The van der Waals surface area contributed by atoms with Crippen LogP contribution < -0.4 is 3.97 Å². The summed E-state index contributed by atoms with van der Waals surface area (Å²) < 4.78 is 70.6. The molecule has 0 unspecified atom stereocenters. The third-order valence-corrected chi connectivity index (χ3v) is 2.76. The van der Waals surface area contributed by atoms with Crippen LogP contribution in [0, 0.1) is 6.92 Å². The zero-order valence-corrected chi connectivity index (χ0v) is 12.4. The minimum absolute atomic E-state index is 0. The maximum Gasteiger partial charge on any atom is 0.673 e. The number of hydrogen-bond acceptors (Lipinski definition) is 2. The Labute approximate surface area is 120 Å². The summed E-state index contributed by atoms with van der Waals surface area (Å²) in [5, 5.41) is 0. The topological polar surface area (TPSA) is 74.0 Å². The third kappa shape index (κ3) is 10.0. The Kier molecular flexibility index (Phi) is 9.11. The smallest absolute Gasteiger partial charge is 0.418 e. The van der Waals surface area contributed by atoms with Crippen LogP contribution in [0.25, 0.3) is 0 Å². The molecule has 1 rings (SSSR count). The number of rotatable bonds is 4. The molecular formula is C8H16BClF4N2O3S. The Bertz CT molecular complexity index is 500. The van der Waals surface area contributed by atoms with E-state index in [0.29, 0.717) is 17.9 Å². The summed E-state index contributed by atoms with van der Waals surface area (Å²) >= 11 is 0. The quantitative estimate of drug-likeness (QED) is 0.382. The molecule has 5 nitrogen and oxygen atoms in total. The summed E-state index contributed by atoms with van der Waals surface area (Å²) in [7, 11) is -10.2. The average molecular weight is 343 g/mol. The first-order valence-corrected chi connectivity index (χ1v) is 6.80. The molecule has 0 bridgehead atoms. The number of nitrogens with one attached hydrogen (secondary N) is 1. The van der Waals surface area contributed by atoms with Crippen LogP contribution in [0.15, 0.2) is 6.20 Å². The SMILES string of the molecule is CCCCc1[nH]c(C)c[n+]1S(=O)(=O)O.Cl.F[B-](F)(F)F. The van der Waals surface area contributed by atoms with Crippen molar-refractivity contribution in [2.24, 2.45) is 0 Å². The maximum absolute atomic E-state index is 10.9. The van der Waals surface area contributed by atoms with E-state index in [1.807, 2.05) is 6.92 Å². The molecule has 2 N–H and O–H groups in total. The van der Waals surface area contributed by atoms with Gasteiger partial charge in [0.1, 0.15) is 5.69 Å². The molecule has 1 aromatic heterocycles. The van der Waals surface area contributed by atoms with Gasteiger partial charge in [-0.15, -0.1) is 12.4 Å². The number of hydrogen-bond donors (Lipinski definition) is 2. The second-order valence-corrected chi connectivity index (χ2v) is 5.04. The van der Waals surface area contributed by atoms with E-state index >= 15 is 0 Å². The highest BCUT2D eigenvalue weighted by Crippen LogP contribution is 2.06. The van der Waals surface area contributed by atoms with Crippen LogP contribution in [0.2, 0.25) is 0 Å². The first-order valence-electron chi connectivity index (χ1n) is 5.40. The summed E-state index contributed by atoms with van der Waals surface area (Å²) in [6.45, 7) is 3.77. The molecule has 0 atom stereocenters. The van der Waals surface area contributed by atoms with Crippen LogP contribution in [0.3, 0.4) is 0 Å². The lowest BCUT2D eigenvalue weighted by Crippen LogP contribution is -2.44. The first kappa shape index (κ1) is 21.5. The molecule has 1 heterocycles. The van der Waals surface area contributed by atoms with Gasteiger partial charge in [-0.3, -0.25) is 4.55 Å². The zero-order chi connectivity index (χ0) is 15.3. The van der Waals surface area contributed by atoms with Crippen LogP contribution in [-0.4, -0.2) is 25.2 Å². The van der Waals surface area contributed by atoms with Crippen LogP contribution >= 0.6 is 12.4 Å². The van der Waals surface area contributed by atoms with Gasteiger partial charge in [-0.05, 0) is 6.42 Å². The summed E-state index contributed by atoms with van der Waals surface area (Å²) in [6.07, 6.45) is 3.85. The number of halogens is 5. The highest BCUT2D eigenvalue weighted by Gasteiger charge is 2.22. The monoisotopic (exact) mass is 342 g/mol. The van der Waals surface area contributed by atoms with Crippen LogP contribution in [0.5, 0.6) is 0 Å². The largest absolute Gasteiger partial charge is 0.673 e. The second kappa shape index (κ2) is 8.47. The third-order valence-electron chi connectivity index (χ3n) is 1.93. The normalized spacial score (nSPS) is 11.3. The van der Waals surface area contributed by atoms with E-state index in [2.05, 4.69) is 4.98 Å². The van der Waals surface area contributed by atoms with E-state index in [1.54, 1.807) is 6.92 Å². The van der Waals surface area contributed by atoms with Gasteiger partial charge in [-0.25, -0.2) is 4.98 Å². The van der Waals surface area contributed by atoms with Gasteiger partial charge in [0.15, 0.2) is 6.20 Å². The molecule has 0 amide bonds. The lowest BCUT2D eigenvalue weighted by Gasteiger charge is -1.94. The second-order valence-electron chi connectivity index (χ2n) is 3.76. The van der Waals surface area contributed by atoms with Gasteiger partial charge in [-0.2, -0.15) is 8.42 Å². The van der Waals surface area contributed by atoms with E-state index in [4.69, 9.17) is 4.55 Å². The van der Waals surface area contributed by atoms with Crippen molar-refractivity contribution in [1.29, 1.82) is 0 Å². The molecule has 0 fully saturated rings. The van der Waals surface area contributed by atoms with Crippen molar-refractivity contribution in [3.8, 4) is 0 Å². The van der Waals surface area contributed by atoms with Gasteiger partial charge in [0.2, 0.25) is 0 Å². The maximum atomic E-state index is 10.9. The number of aromatic amines is 1. The molecule has 20 heavy (non-hydrogen) atoms. The molecule has 12 heteroatoms. The highest BCUT2D eigenvalue weighted by molar-refractivity contribution is 7.79. The van der Waals surface area contributed by atoms with Gasteiger partial charge in [0.25, 0.3) is 5.82 Å². The van der Waals surface area contributed by atoms with Gasteiger partial charge in [0, 0.05) is 6.92 Å². The number of aromatic nitrogens is 2. The summed E-state index contributed by atoms with van der Waals surface area (Å²) in [6, 6.07) is 0. The fourth-order valence-electron chi connectivity index (χ4n) is 1.29. The highest BCUT2D eigenvalue weighted by atomic mass is 35.5. The van der Waals surface area contributed by atoms with Crippen molar-refractivity contribution in [3.05, 3.63) is 17.7 Å². The van der Waals surface area contributed by atoms with Gasteiger partial charge in [-0.1, -0.05) is 17.3 Å². The molecule has 0 aromatic carbocycles. The lowest BCUT2D eigenvalue weighted by atomic mass is 10.2. The van der Waals surface area contributed by atoms with E-state index in [1.165, 1.54) is 6.20 Å². The van der Waals surface area contributed by atoms with E-state index in [9.17, 15) is 25.7 Å².